The van der Waals surface area contributed by atoms with Crippen LogP contribution in [0.25, 0.3) is 0 Å². The zero-order valence-corrected chi connectivity index (χ0v) is 10.1. The van der Waals surface area contributed by atoms with Crippen LogP contribution in [-0.2, 0) is 6.54 Å². The Morgan fingerprint density at radius 1 is 1.77 bits per heavy atom. The highest BCUT2D eigenvalue weighted by atomic mass is 127. The van der Waals surface area contributed by atoms with Gasteiger partial charge in [0.2, 0.25) is 0 Å². The Labute approximate surface area is 94.3 Å². The van der Waals surface area contributed by atoms with E-state index in [0.29, 0.717) is 4.05 Å². The molecule has 1 aliphatic rings. The van der Waals surface area contributed by atoms with Gasteiger partial charge < -0.3 is 0 Å². The van der Waals surface area contributed by atoms with E-state index in [1.807, 2.05) is 17.8 Å². The van der Waals surface area contributed by atoms with Crippen LogP contribution in [-0.4, -0.2) is 29.8 Å². The van der Waals surface area contributed by atoms with E-state index in [4.69, 9.17) is 0 Å². The van der Waals surface area contributed by atoms with E-state index in [0.717, 1.165) is 23.0 Å². The van der Waals surface area contributed by atoms with Crippen LogP contribution in [0.15, 0.2) is 11.2 Å². The van der Waals surface area contributed by atoms with Crippen LogP contribution >= 0.6 is 34.4 Å². The summed E-state index contributed by atoms with van der Waals surface area (Å²) in [6.45, 7) is 2.90. The summed E-state index contributed by atoms with van der Waals surface area (Å²) < 4.78 is 2.21. The molecule has 1 aliphatic heterocycles. The van der Waals surface area contributed by atoms with Crippen LogP contribution in [0.5, 0.6) is 0 Å². The lowest BCUT2D eigenvalue weighted by Gasteiger charge is -1.90. The Morgan fingerprint density at radius 2 is 2.62 bits per heavy atom. The molecular weight excluding hydrogens is 299 g/mol. The number of nitrogens with zero attached hydrogens (tertiary/aromatic N) is 4. The number of halogens is 1. The fourth-order valence-electron chi connectivity index (χ4n) is 1.04. The molecule has 2 heterocycles. The molecule has 0 fully saturated rings. The maximum Gasteiger partial charge on any atom is 0.137 e. The van der Waals surface area contributed by atoms with Crippen molar-refractivity contribution in [1.82, 2.24) is 15.0 Å². The van der Waals surface area contributed by atoms with Crippen LogP contribution in [0.3, 0.4) is 0 Å². The Bertz CT molecular complexity index is 335. The first-order valence-corrected chi connectivity index (χ1v) is 6.28. The molecule has 0 N–H and O–H groups in total. The predicted octanol–water partition coefficient (Wildman–Crippen LogP) is 1.55. The Morgan fingerprint density at radius 3 is 3.15 bits per heavy atom. The first-order chi connectivity index (χ1) is 6.29. The van der Waals surface area contributed by atoms with E-state index in [1.54, 1.807) is 11.8 Å². The summed E-state index contributed by atoms with van der Waals surface area (Å²) in [7, 11) is 0. The van der Waals surface area contributed by atoms with Gasteiger partial charge in [-0.25, -0.2) is 0 Å². The smallest absolute Gasteiger partial charge is 0.137 e. The molecule has 13 heavy (non-hydrogen) atoms. The van der Waals surface area contributed by atoms with Gasteiger partial charge in [-0.1, -0.05) is 27.8 Å². The number of rotatable bonds is 2. The van der Waals surface area contributed by atoms with E-state index < -0.39 is 0 Å². The van der Waals surface area contributed by atoms with Crippen molar-refractivity contribution in [3.05, 3.63) is 11.9 Å². The molecule has 0 aliphatic carbocycles. The van der Waals surface area contributed by atoms with Gasteiger partial charge in [-0.05, 0) is 6.92 Å². The van der Waals surface area contributed by atoms with Crippen molar-refractivity contribution in [1.29, 1.82) is 0 Å². The monoisotopic (exact) mass is 308 g/mol. The standard InChI is InChI=1S/C7H9IN4S/c1-2-12-3-5(10-11-12)7-9-6(8)4-13-7/h3,6H,2,4H2,1H3/t6-/m0/s1. The van der Waals surface area contributed by atoms with Gasteiger partial charge in [0.25, 0.3) is 0 Å². The first kappa shape index (κ1) is 9.45. The summed E-state index contributed by atoms with van der Waals surface area (Å²) in [6, 6.07) is 0. The van der Waals surface area contributed by atoms with Gasteiger partial charge >= 0.3 is 0 Å². The van der Waals surface area contributed by atoms with Crippen molar-refractivity contribution < 1.29 is 0 Å². The quantitative estimate of drug-likeness (QED) is 0.473. The van der Waals surface area contributed by atoms with Crippen molar-refractivity contribution in [3.8, 4) is 0 Å². The molecule has 0 bridgehead atoms. The van der Waals surface area contributed by atoms with E-state index in [9.17, 15) is 0 Å². The van der Waals surface area contributed by atoms with Crippen molar-refractivity contribution in [2.75, 3.05) is 5.75 Å². The zero-order valence-electron chi connectivity index (χ0n) is 7.14. The lowest BCUT2D eigenvalue weighted by atomic mass is 10.5. The molecule has 0 aromatic carbocycles. The minimum atomic E-state index is 0.393. The van der Waals surface area contributed by atoms with E-state index in [1.165, 1.54) is 0 Å². The molecule has 0 radical (unpaired) electrons. The minimum Gasteiger partial charge on any atom is -0.261 e. The third-order valence-electron chi connectivity index (χ3n) is 1.70. The summed E-state index contributed by atoms with van der Waals surface area (Å²) in [6.07, 6.45) is 1.94. The highest BCUT2D eigenvalue weighted by molar-refractivity contribution is 14.1. The molecule has 0 saturated heterocycles. The third kappa shape index (κ3) is 2.04. The van der Waals surface area contributed by atoms with Gasteiger partial charge in [0, 0.05) is 12.3 Å². The SMILES string of the molecule is CCn1cc(C2=N[C@H](I)CS2)nn1. The van der Waals surface area contributed by atoms with Gasteiger partial charge in [-0.3, -0.25) is 9.67 Å². The van der Waals surface area contributed by atoms with Crippen LogP contribution in [0.2, 0.25) is 0 Å². The van der Waals surface area contributed by atoms with Crippen LogP contribution in [0.4, 0.5) is 0 Å². The molecular formula is C7H9IN4S. The molecule has 0 amide bonds. The molecule has 6 heteroatoms. The maximum absolute atomic E-state index is 4.46. The summed E-state index contributed by atoms with van der Waals surface area (Å²) in [5.41, 5.74) is 0.908. The van der Waals surface area contributed by atoms with Crippen LogP contribution in [0.1, 0.15) is 12.6 Å². The summed E-state index contributed by atoms with van der Waals surface area (Å²) >= 11 is 4.08. The lowest BCUT2D eigenvalue weighted by Crippen LogP contribution is -1.93. The predicted molar refractivity (Wildman–Crippen MR) is 62.5 cm³/mol. The van der Waals surface area contributed by atoms with Crippen molar-refractivity contribution in [2.24, 2.45) is 4.99 Å². The molecule has 1 aromatic heterocycles. The van der Waals surface area contributed by atoms with Gasteiger partial charge in [0.05, 0.1) is 6.20 Å². The fourth-order valence-corrected chi connectivity index (χ4v) is 2.86. The second-order valence-corrected chi connectivity index (χ2v) is 5.09. The number of aliphatic imine (C=N–C) groups is 1. The van der Waals surface area contributed by atoms with E-state index >= 15 is 0 Å². The number of alkyl halides is 1. The molecule has 4 nitrogen and oxygen atoms in total. The fraction of sp³-hybridized carbons (Fsp3) is 0.571. The summed E-state index contributed by atoms with van der Waals surface area (Å²) in [5, 5.41) is 9.06. The molecule has 2 rings (SSSR count). The van der Waals surface area contributed by atoms with Crippen molar-refractivity contribution in [2.45, 2.75) is 17.5 Å². The van der Waals surface area contributed by atoms with Crippen LogP contribution < -0.4 is 0 Å². The number of thioether (sulfide) groups is 1. The summed E-state index contributed by atoms with van der Waals surface area (Å²) in [5.74, 6) is 1.05. The number of aromatic nitrogens is 3. The molecule has 0 saturated carbocycles. The molecule has 70 valence electrons. The highest BCUT2D eigenvalue weighted by Gasteiger charge is 2.18. The van der Waals surface area contributed by atoms with Crippen LogP contribution in [0, 0.1) is 0 Å². The Kier molecular flexibility index (Phi) is 2.87. The average Bonchev–Trinajstić information content (AvgIpc) is 2.71. The molecule has 1 aromatic rings. The van der Waals surface area contributed by atoms with E-state index in [-0.39, 0.29) is 0 Å². The second-order valence-electron chi connectivity index (χ2n) is 2.64. The van der Waals surface area contributed by atoms with Crippen molar-refractivity contribution in [3.63, 3.8) is 0 Å². The normalized spacial score (nSPS) is 22.0. The van der Waals surface area contributed by atoms with Crippen molar-refractivity contribution >= 4 is 39.4 Å². The number of hydrogen-bond donors (Lipinski definition) is 0. The van der Waals surface area contributed by atoms with Gasteiger partial charge in [-0.2, -0.15) is 0 Å². The number of hydrogen-bond acceptors (Lipinski definition) is 4. The average molecular weight is 308 g/mol. The topological polar surface area (TPSA) is 43.1 Å². The second kappa shape index (κ2) is 3.95. The Hall–Kier alpha value is -0.110. The molecule has 0 spiro atoms. The summed E-state index contributed by atoms with van der Waals surface area (Å²) in [4.78, 5) is 4.46. The lowest BCUT2D eigenvalue weighted by molar-refractivity contribution is 0.627. The first-order valence-electron chi connectivity index (χ1n) is 4.04. The van der Waals surface area contributed by atoms with E-state index in [2.05, 4.69) is 37.9 Å². The largest absolute Gasteiger partial charge is 0.261 e. The zero-order chi connectivity index (χ0) is 9.26. The maximum atomic E-state index is 4.46. The molecule has 0 unspecified atom stereocenters. The number of aryl methyl sites for hydroxylation is 1. The van der Waals surface area contributed by atoms with Gasteiger partial charge in [0.15, 0.2) is 0 Å². The third-order valence-corrected chi connectivity index (χ3v) is 4.08. The minimum absolute atomic E-state index is 0.393. The van der Waals surface area contributed by atoms with Gasteiger partial charge in [-0.15, -0.1) is 16.9 Å². The molecule has 1 atom stereocenters. The van der Waals surface area contributed by atoms with Gasteiger partial charge in [0.1, 0.15) is 14.8 Å². The Balaban J connectivity index is 2.21. The highest BCUT2D eigenvalue weighted by Crippen LogP contribution is 2.25.